The lowest BCUT2D eigenvalue weighted by atomic mass is 9.76. The van der Waals surface area contributed by atoms with Crippen LogP contribution >= 0.6 is 0 Å². The van der Waals surface area contributed by atoms with Gasteiger partial charge in [-0.25, -0.2) is 0 Å². The molecule has 0 spiro atoms. The third kappa shape index (κ3) is 3.31. The Kier molecular flexibility index (Phi) is 5.04. The molecule has 5 rings (SSSR count). The summed E-state index contributed by atoms with van der Waals surface area (Å²) in [4.78, 5) is 20.2. The Labute approximate surface area is 181 Å². The van der Waals surface area contributed by atoms with E-state index < -0.39 is 0 Å². The summed E-state index contributed by atoms with van der Waals surface area (Å²) in [7, 11) is 1.96. The molecule has 3 N–H and O–H groups in total. The van der Waals surface area contributed by atoms with E-state index in [2.05, 4.69) is 70.0 Å². The van der Waals surface area contributed by atoms with Crippen molar-refractivity contribution in [1.82, 2.24) is 15.3 Å². The van der Waals surface area contributed by atoms with Gasteiger partial charge >= 0.3 is 0 Å². The van der Waals surface area contributed by atoms with E-state index in [0.29, 0.717) is 0 Å². The monoisotopic (exact) mass is 410 g/mol. The average Bonchev–Trinajstić information content (AvgIpc) is 2.82. The molecule has 2 aromatic heterocycles. The van der Waals surface area contributed by atoms with Crippen molar-refractivity contribution in [2.45, 2.75) is 31.8 Å². The van der Waals surface area contributed by atoms with Gasteiger partial charge in [-0.15, -0.1) is 0 Å². The van der Waals surface area contributed by atoms with Gasteiger partial charge in [0.25, 0.3) is 5.56 Å². The number of nitrogens with one attached hydrogen (secondary N) is 3. The van der Waals surface area contributed by atoms with E-state index in [0.717, 1.165) is 35.1 Å². The normalized spacial score (nSPS) is 17.5. The Bertz CT molecular complexity index is 1280. The standard InChI is InChI=1S/C26H26N4O/c1-3-20-24-22(17-9-7-16(8-10-17)15-27-2)25(18-11-13-28-14-12-18)29-21-6-4-5-19(23(21)24)26(31)30-20/h4-14,22,25,27,29H,3,15H2,1-2H3,(H,30,31). The van der Waals surface area contributed by atoms with E-state index in [9.17, 15) is 4.79 Å². The highest BCUT2D eigenvalue weighted by Gasteiger charge is 2.35. The van der Waals surface area contributed by atoms with E-state index in [1.807, 2.05) is 31.6 Å². The molecule has 2 atom stereocenters. The number of anilines is 1. The molecule has 31 heavy (non-hydrogen) atoms. The van der Waals surface area contributed by atoms with Crippen LogP contribution in [0, 0.1) is 0 Å². The van der Waals surface area contributed by atoms with Crippen LogP contribution in [0.5, 0.6) is 0 Å². The van der Waals surface area contributed by atoms with Crippen LogP contribution in [0.1, 0.15) is 46.8 Å². The topological polar surface area (TPSA) is 69.8 Å². The molecule has 0 bridgehead atoms. The lowest BCUT2D eigenvalue weighted by Gasteiger charge is -2.37. The summed E-state index contributed by atoms with van der Waals surface area (Å²) in [6.07, 6.45) is 4.45. The maximum absolute atomic E-state index is 12.8. The highest BCUT2D eigenvalue weighted by atomic mass is 16.1. The van der Waals surface area contributed by atoms with Crippen molar-refractivity contribution in [3.8, 4) is 0 Å². The zero-order valence-corrected chi connectivity index (χ0v) is 17.8. The smallest absolute Gasteiger partial charge is 0.256 e. The van der Waals surface area contributed by atoms with Gasteiger partial charge in [0.05, 0.1) is 6.04 Å². The molecule has 2 unspecified atom stereocenters. The quantitative estimate of drug-likeness (QED) is 0.453. The molecular weight excluding hydrogens is 384 g/mol. The van der Waals surface area contributed by atoms with E-state index in [1.54, 1.807) is 0 Å². The van der Waals surface area contributed by atoms with Crippen molar-refractivity contribution in [1.29, 1.82) is 0 Å². The molecule has 5 nitrogen and oxygen atoms in total. The van der Waals surface area contributed by atoms with Gasteiger partial charge in [-0.3, -0.25) is 9.78 Å². The van der Waals surface area contributed by atoms with E-state index in [-0.39, 0.29) is 17.5 Å². The number of aromatic amines is 1. The van der Waals surface area contributed by atoms with Gasteiger partial charge in [0.15, 0.2) is 0 Å². The van der Waals surface area contributed by atoms with Crippen LogP contribution in [-0.2, 0) is 13.0 Å². The summed E-state index contributed by atoms with van der Waals surface area (Å²) in [6.45, 7) is 2.94. The van der Waals surface area contributed by atoms with Crippen LogP contribution in [0.3, 0.4) is 0 Å². The first kappa shape index (κ1) is 19.5. The minimum Gasteiger partial charge on any atom is -0.377 e. The number of aromatic nitrogens is 2. The summed E-state index contributed by atoms with van der Waals surface area (Å²) in [5, 5.41) is 8.74. The van der Waals surface area contributed by atoms with Crippen molar-refractivity contribution in [3.05, 3.63) is 105 Å². The summed E-state index contributed by atoms with van der Waals surface area (Å²) in [6, 6.07) is 18.9. The molecule has 0 aliphatic carbocycles. The molecule has 2 aromatic carbocycles. The summed E-state index contributed by atoms with van der Waals surface area (Å²) >= 11 is 0. The number of H-pyrrole nitrogens is 1. The Morgan fingerprint density at radius 2 is 1.77 bits per heavy atom. The number of hydrogen-bond donors (Lipinski definition) is 3. The van der Waals surface area contributed by atoms with Crippen molar-refractivity contribution >= 4 is 16.5 Å². The number of rotatable bonds is 5. The van der Waals surface area contributed by atoms with E-state index in [1.165, 1.54) is 22.3 Å². The minimum absolute atomic E-state index is 0.0234. The van der Waals surface area contributed by atoms with Gasteiger partial charge in [-0.2, -0.15) is 0 Å². The van der Waals surface area contributed by atoms with Crippen molar-refractivity contribution in [2.24, 2.45) is 0 Å². The Morgan fingerprint density at radius 1 is 1.00 bits per heavy atom. The zero-order chi connectivity index (χ0) is 21.4. The number of nitrogens with zero attached hydrogens (tertiary/aromatic N) is 1. The number of hydrogen-bond acceptors (Lipinski definition) is 4. The van der Waals surface area contributed by atoms with Crippen molar-refractivity contribution in [3.63, 3.8) is 0 Å². The largest absolute Gasteiger partial charge is 0.377 e. The van der Waals surface area contributed by atoms with Crippen LogP contribution in [0.2, 0.25) is 0 Å². The molecule has 0 saturated heterocycles. The molecule has 0 radical (unpaired) electrons. The molecule has 0 saturated carbocycles. The lowest BCUT2D eigenvalue weighted by molar-refractivity contribution is 0.654. The van der Waals surface area contributed by atoms with Gasteiger partial charge in [-0.05, 0) is 60.0 Å². The lowest BCUT2D eigenvalue weighted by Crippen LogP contribution is -2.28. The van der Waals surface area contributed by atoms with Crippen LogP contribution < -0.4 is 16.2 Å². The number of aryl methyl sites for hydroxylation is 1. The number of pyridine rings is 2. The van der Waals surface area contributed by atoms with Gasteiger partial charge < -0.3 is 15.6 Å². The third-order valence-electron chi connectivity index (χ3n) is 6.26. The van der Waals surface area contributed by atoms with Crippen LogP contribution in [0.4, 0.5) is 5.69 Å². The van der Waals surface area contributed by atoms with Crippen LogP contribution in [0.25, 0.3) is 10.8 Å². The second kappa shape index (κ2) is 8.00. The first-order valence-electron chi connectivity index (χ1n) is 10.8. The molecule has 3 heterocycles. The molecule has 0 amide bonds. The van der Waals surface area contributed by atoms with Crippen LogP contribution in [-0.4, -0.2) is 17.0 Å². The molecule has 5 heteroatoms. The van der Waals surface area contributed by atoms with Gasteiger partial charge in [0.1, 0.15) is 0 Å². The fourth-order valence-corrected chi connectivity index (χ4v) is 4.87. The van der Waals surface area contributed by atoms with Gasteiger partial charge in [0, 0.05) is 47.0 Å². The SMILES string of the molecule is CCc1[nH]c(=O)c2cccc3c2c1C(c1ccc(CNC)cc1)C(c1ccncc1)N3. The summed E-state index contributed by atoms with van der Waals surface area (Å²) in [5.74, 6) is 0.0650. The highest BCUT2D eigenvalue weighted by molar-refractivity contribution is 5.98. The van der Waals surface area contributed by atoms with Crippen molar-refractivity contribution in [2.75, 3.05) is 12.4 Å². The van der Waals surface area contributed by atoms with Gasteiger partial charge in [0.2, 0.25) is 0 Å². The Morgan fingerprint density at radius 3 is 2.48 bits per heavy atom. The molecule has 4 aromatic rings. The minimum atomic E-state index is -0.0234. The average molecular weight is 411 g/mol. The summed E-state index contributed by atoms with van der Waals surface area (Å²) in [5.41, 5.74) is 6.87. The third-order valence-corrected chi connectivity index (χ3v) is 6.26. The number of benzene rings is 2. The van der Waals surface area contributed by atoms with E-state index >= 15 is 0 Å². The second-order valence-corrected chi connectivity index (χ2v) is 8.08. The second-order valence-electron chi connectivity index (χ2n) is 8.08. The zero-order valence-electron chi connectivity index (χ0n) is 17.8. The molecule has 1 aliphatic rings. The molecule has 1 aliphatic heterocycles. The maximum atomic E-state index is 12.8. The Hall–Kier alpha value is -3.44. The predicted octanol–water partition coefficient (Wildman–Crippen LogP) is 4.50. The Balaban J connectivity index is 1.79. The highest BCUT2D eigenvalue weighted by Crippen LogP contribution is 2.48. The fourth-order valence-electron chi connectivity index (χ4n) is 4.87. The molecule has 0 fully saturated rings. The first-order chi connectivity index (χ1) is 15.2. The molecular formula is C26H26N4O. The van der Waals surface area contributed by atoms with E-state index in [4.69, 9.17) is 0 Å². The predicted molar refractivity (Wildman–Crippen MR) is 126 cm³/mol. The summed E-state index contributed by atoms with van der Waals surface area (Å²) < 4.78 is 0. The van der Waals surface area contributed by atoms with Gasteiger partial charge in [-0.1, -0.05) is 37.3 Å². The fraction of sp³-hybridized carbons (Fsp3) is 0.231. The first-order valence-corrected chi connectivity index (χ1v) is 10.8. The van der Waals surface area contributed by atoms with Crippen molar-refractivity contribution < 1.29 is 0 Å². The molecule has 156 valence electrons. The van der Waals surface area contributed by atoms with Crippen LogP contribution in [0.15, 0.2) is 71.8 Å². The maximum Gasteiger partial charge on any atom is 0.256 e.